The topological polar surface area (TPSA) is 94.9 Å². The van der Waals surface area contributed by atoms with E-state index in [2.05, 4.69) is 10.0 Å². The lowest BCUT2D eigenvalue weighted by Gasteiger charge is -2.33. The van der Waals surface area contributed by atoms with E-state index in [1.807, 2.05) is 4.90 Å². The fourth-order valence-corrected chi connectivity index (χ4v) is 3.75. The third-order valence-electron chi connectivity index (χ3n) is 3.46. The molecule has 0 radical (unpaired) electrons. The maximum absolute atomic E-state index is 12.1. The zero-order valence-corrected chi connectivity index (χ0v) is 14.3. The van der Waals surface area contributed by atoms with Crippen LogP contribution in [-0.2, 0) is 21.5 Å². The molecule has 0 unspecified atom stereocenters. The molecule has 0 spiro atoms. The lowest BCUT2D eigenvalue weighted by Crippen LogP contribution is -2.54. The number of carbonyl (C=O) groups excluding carboxylic acids is 1. The fourth-order valence-electron chi connectivity index (χ4n) is 2.36. The number of hydrogen-bond acceptors (Lipinski definition) is 5. The van der Waals surface area contributed by atoms with E-state index in [-0.39, 0.29) is 18.5 Å². The van der Waals surface area contributed by atoms with Crippen molar-refractivity contribution in [3.63, 3.8) is 0 Å². The average molecular weight is 344 g/mol. The minimum atomic E-state index is -3.43. The van der Waals surface area contributed by atoms with Gasteiger partial charge in [-0.05, 0) is 26.0 Å². The van der Waals surface area contributed by atoms with Gasteiger partial charge in [0.25, 0.3) is 10.2 Å². The van der Waals surface area contributed by atoms with Crippen LogP contribution in [0.1, 0.15) is 19.6 Å². The van der Waals surface area contributed by atoms with E-state index in [9.17, 15) is 13.2 Å². The smallest absolute Gasteiger partial charge is 0.279 e. The van der Waals surface area contributed by atoms with E-state index in [0.717, 1.165) is 0 Å². The molecule has 0 aliphatic carbocycles. The predicted molar refractivity (Wildman–Crippen MR) is 85.8 cm³/mol. The Balaban J connectivity index is 1.73. The van der Waals surface area contributed by atoms with E-state index in [4.69, 9.17) is 4.42 Å². The van der Waals surface area contributed by atoms with Gasteiger partial charge in [-0.15, -0.1) is 0 Å². The van der Waals surface area contributed by atoms with Crippen molar-refractivity contribution in [1.29, 1.82) is 0 Å². The van der Waals surface area contributed by atoms with Crippen LogP contribution in [0.5, 0.6) is 0 Å². The molecule has 1 aliphatic heterocycles. The molecule has 0 aromatic carbocycles. The zero-order chi connectivity index (χ0) is 16.9. The number of carbonyl (C=O) groups is 1. The second kappa shape index (κ2) is 7.91. The van der Waals surface area contributed by atoms with E-state index in [1.165, 1.54) is 4.31 Å². The number of hydrogen-bond donors (Lipinski definition) is 2. The molecule has 1 aromatic rings. The Morgan fingerprint density at radius 3 is 2.57 bits per heavy atom. The summed E-state index contributed by atoms with van der Waals surface area (Å²) in [5.41, 5.74) is 0. The van der Waals surface area contributed by atoms with Gasteiger partial charge in [0.2, 0.25) is 5.91 Å². The maximum Gasteiger partial charge on any atom is 0.279 e. The van der Waals surface area contributed by atoms with E-state index >= 15 is 0 Å². The number of nitrogens with zero attached hydrogens (tertiary/aromatic N) is 2. The van der Waals surface area contributed by atoms with Crippen LogP contribution in [0, 0.1) is 0 Å². The number of amides is 1. The summed E-state index contributed by atoms with van der Waals surface area (Å²) in [4.78, 5) is 13.8. The van der Waals surface area contributed by atoms with Gasteiger partial charge in [-0.3, -0.25) is 9.69 Å². The quantitative estimate of drug-likeness (QED) is 0.712. The summed E-state index contributed by atoms with van der Waals surface area (Å²) in [6, 6.07) is 3.43. The van der Waals surface area contributed by atoms with E-state index in [1.54, 1.807) is 32.2 Å². The summed E-state index contributed by atoms with van der Waals surface area (Å²) < 4.78 is 33.3. The Labute approximate surface area is 137 Å². The first-order valence-corrected chi connectivity index (χ1v) is 9.09. The van der Waals surface area contributed by atoms with Gasteiger partial charge in [0.05, 0.1) is 19.4 Å². The lowest BCUT2D eigenvalue weighted by atomic mass is 10.3. The molecule has 0 bridgehead atoms. The molecule has 9 heteroatoms. The van der Waals surface area contributed by atoms with Crippen LogP contribution in [0.2, 0.25) is 0 Å². The Hall–Kier alpha value is -1.42. The third-order valence-corrected chi connectivity index (χ3v) is 5.28. The normalized spacial score (nSPS) is 17.5. The van der Waals surface area contributed by atoms with Crippen molar-refractivity contribution < 1.29 is 17.6 Å². The van der Waals surface area contributed by atoms with Crippen LogP contribution >= 0.6 is 0 Å². The van der Waals surface area contributed by atoms with Crippen molar-refractivity contribution in [2.75, 3.05) is 32.7 Å². The van der Waals surface area contributed by atoms with Crippen molar-refractivity contribution >= 4 is 16.1 Å². The predicted octanol–water partition coefficient (Wildman–Crippen LogP) is -0.244. The second-order valence-corrected chi connectivity index (χ2v) is 7.51. The summed E-state index contributed by atoms with van der Waals surface area (Å²) in [7, 11) is -3.43. The van der Waals surface area contributed by atoms with Crippen molar-refractivity contribution in [2.45, 2.75) is 26.4 Å². The molecule has 1 fully saturated rings. The van der Waals surface area contributed by atoms with Crippen LogP contribution in [0.15, 0.2) is 22.8 Å². The first-order chi connectivity index (χ1) is 10.9. The molecule has 2 rings (SSSR count). The molecule has 0 atom stereocenters. The molecule has 1 aliphatic rings. The third kappa shape index (κ3) is 5.61. The van der Waals surface area contributed by atoms with E-state index in [0.29, 0.717) is 38.5 Å². The summed E-state index contributed by atoms with van der Waals surface area (Å²) in [5, 5.41) is 2.78. The number of piperazine rings is 1. The summed E-state index contributed by atoms with van der Waals surface area (Å²) >= 11 is 0. The highest BCUT2D eigenvalue weighted by Crippen LogP contribution is 2.07. The first-order valence-electron chi connectivity index (χ1n) is 7.65. The largest absolute Gasteiger partial charge is 0.467 e. The standard InChI is InChI=1S/C14H24N4O4S/c1-12(2)16-23(20,21)18-7-5-17(6-8-18)11-14(19)15-10-13-4-3-9-22-13/h3-4,9,12,16H,5-8,10-11H2,1-2H3,(H,15,19). The fraction of sp³-hybridized carbons (Fsp3) is 0.643. The van der Waals surface area contributed by atoms with Gasteiger partial charge in [0.15, 0.2) is 0 Å². The van der Waals surface area contributed by atoms with E-state index < -0.39 is 10.2 Å². The Bertz CT molecular complexity index is 592. The number of furan rings is 1. The summed E-state index contributed by atoms with van der Waals surface area (Å²) in [6.07, 6.45) is 1.56. The minimum absolute atomic E-state index is 0.0991. The Kier molecular flexibility index (Phi) is 6.17. The minimum Gasteiger partial charge on any atom is -0.467 e. The van der Waals surface area contributed by atoms with Crippen LogP contribution in [0.4, 0.5) is 0 Å². The summed E-state index contributed by atoms with van der Waals surface area (Å²) in [5.74, 6) is 0.604. The van der Waals surface area contributed by atoms with Crippen molar-refractivity contribution in [3.05, 3.63) is 24.2 Å². The molecule has 1 saturated heterocycles. The van der Waals surface area contributed by atoms with Gasteiger partial charge in [-0.1, -0.05) is 0 Å². The molecule has 23 heavy (non-hydrogen) atoms. The van der Waals surface area contributed by atoms with Gasteiger partial charge in [0.1, 0.15) is 5.76 Å². The molecule has 1 amide bonds. The van der Waals surface area contributed by atoms with Crippen LogP contribution in [0.25, 0.3) is 0 Å². The van der Waals surface area contributed by atoms with Crippen molar-refractivity contribution in [2.24, 2.45) is 0 Å². The van der Waals surface area contributed by atoms with Crippen LogP contribution in [0.3, 0.4) is 0 Å². The van der Waals surface area contributed by atoms with Gasteiger partial charge in [-0.2, -0.15) is 17.4 Å². The van der Waals surface area contributed by atoms with Gasteiger partial charge < -0.3 is 9.73 Å². The molecule has 0 saturated carbocycles. The van der Waals surface area contributed by atoms with Gasteiger partial charge in [-0.25, -0.2) is 0 Å². The first kappa shape index (κ1) is 17.9. The molecule has 1 aromatic heterocycles. The molecule has 2 N–H and O–H groups in total. The highest BCUT2D eigenvalue weighted by atomic mass is 32.2. The second-order valence-electron chi connectivity index (χ2n) is 5.81. The van der Waals surface area contributed by atoms with Crippen molar-refractivity contribution in [3.8, 4) is 0 Å². The van der Waals surface area contributed by atoms with Gasteiger partial charge >= 0.3 is 0 Å². The molecule has 8 nitrogen and oxygen atoms in total. The molecular weight excluding hydrogens is 320 g/mol. The Morgan fingerprint density at radius 1 is 1.30 bits per heavy atom. The lowest BCUT2D eigenvalue weighted by molar-refractivity contribution is -0.122. The van der Waals surface area contributed by atoms with Gasteiger partial charge in [0, 0.05) is 32.2 Å². The van der Waals surface area contributed by atoms with Crippen LogP contribution < -0.4 is 10.0 Å². The highest BCUT2D eigenvalue weighted by Gasteiger charge is 2.27. The number of nitrogens with one attached hydrogen (secondary N) is 2. The number of rotatable bonds is 7. The Morgan fingerprint density at radius 2 is 2.00 bits per heavy atom. The SMILES string of the molecule is CC(C)NS(=O)(=O)N1CCN(CC(=O)NCc2ccco2)CC1. The molecular formula is C14H24N4O4S. The molecule has 2 heterocycles. The maximum atomic E-state index is 12.1. The zero-order valence-electron chi connectivity index (χ0n) is 13.5. The average Bonchev–Trinajstić information content (AvgIpc) is 2.97. The monoisotopic (exact) mass is 344 g/mol. The molecule has 130 valence electrons. The van der Waals surface area contributed by atoms with Crippen molar-refractivity contribution in [1.82, 2.24) is 19.2 Å². The summed E-state index contributed by atoms with van der Waals surface area (Å²) in [6.45, 7) is 6.03. The van der Waals surface area contributed by atoms with Crippen LogP contribution in [-0.4, -0.2) is 62.3 Å². The highest BCUT2D eigenvalue weighted by molar-refractivity contribution is 7.87.